The van der Waals surface area contributed by atoms with Crippen LogP contribution >= 0.6 is 11.6 Å². The topological polar surface area (TPSA) is 62.4 Å². The van der Waals surface area contributed by atoms with Crippen molar-refractivity contribution in [2.24, 2.45) is 0 Å². The molecule has 0 heterocycles. The minimum atomic E-state index is 0.453. The number of halogens is 1. The highest BCUT2D eigenvalue weighted by atomic mass is 35.5. The summed E-state index contributed by atoms with van der Waals surface area (Å²) in [5.74, 6) is 0. The van der Waals surface area contributed by atoms with Crippen LogP contribution in [-0.2, 0) is 0 Å². The van der Waals surface area contributed by atoms with Crippen LogP contribution in [0.1, 0.15) is 12.0 Å². The number of rotatable bonds is 1. The van der Waals surface area contributed by atoms with E-state index in [-0.39, 0.29) is 0 Å². The molecule has 0 saturated heterocycles. The van der Waals surface area contributed by atoms with E-state index in [1.807, 2.05) is 36.4 Å². The first-order chi connectivity index (χ1) is 7.70. The summed E-state index contributed by atoms with van der Waals surface area (Å²) in [6, 6.07) is 7.40. The summed E-state index contributed by atoms with van der Waals surface area (Å²) in [5, 5.41) is 0.659. The number of allylic oxidation sites excluding steroid dienone is 4. The van der Waals surface area contributed by atoms with Gasteiger partial charge in [0, 0.05) is 10.7 Å². The molecule has 0 bridgehead atoms. The van der Waals surface area contributed by atoms with Gasteiger partial charge in [-0.3, -0.25) is 0 Å². The predicted octanol–water partition coefficient (Wildman–Crippen LogP) is 2.85. The van der Waals surface area contributed by atoms with Gasteiger partial charge in [0.15, 0.2) is 0 Å². The van der Waals surface area contributed by atoms with E-state index in [1.165, 1.54) is 0 Å². The number of hydrogen-bond donors (Lipinski definition) is 1. The molecular weight excluding hydrogens is 222 g/mol. The zero-order valence-electron chi connectivity index (χ0n) is 8.52. The molecule has 0 aliphatic heterocycles. The molecule has 1 aromatic carbocycles. The van der Waals surface area contributed by atoms with Crippen molar-refractivity contribution in [1.82, 2.24) is 0 Å². The number of benzene rings is 1. The average Bonchev–Trinajstić information content (AvgIpc) is 2.30. The standard InChI is InChI=1S/C12H10ClN3/c13-9-3-6-11(12(7-9)16-15)8-1-4-10(14)5-2-8/h1-6H,7,14H2. The zero-order chi connectivity index (χ0) is 11.5. The first-order valence-corrected chi connectivity index (χ1v) is 5.22. The Morgan fingerprint density at radius 1 is 1.19 bits per heavy atom. The van der Waals surface area contributed by atoms with Crippen molar-refractivity contribution in [3.8, 4) is 0 Å². The van der Waals surface area contributed by atoms with Gasteiger partial charge in [0.2, 0.25) is 0 Å². The predicted molar refractivity (Wildman–Crippen MR) is 66.0 cm³/mol. The van der Waals surface area contributed by atoms with Crippen molar-refractivity contribution >= 4 is 28.6 Å². The van der Waals surface area contributed by atoms with Gasteiger partial charge in [0.05, 0.1) is 12.0 Å². The molecule has 3 nitrogen and oxygen atoms in total. The summed E-state index contributed by atoms with van der Waals surface area (Å²) >= 11 is 5.87. The first kappa shape index (κ1) is 10.7. The summed E-state index contributed by atoms with van der Waals surface area (Å²) in [6.45, 7) is 0. The number of nitrogens with two attached hydrogens (primary N) is 1. The van der Waals surface area contributed by atoms with Crippen LogP contribution < -0.4 is 5.73 Å². The Bertz CT molecular complexity index is 520. The average molecular weight is 232 g/mol. The molecule has 16 heavy (non-hydrogen) atoms. The van der Waals surface area contributed by atoms with Crippen molar-refractivity contribution in [1.29, 1.82) is 0 Å². The molecule has 1 aliphatic rings. The van der Waals surface area contributed by atoms with E-state index in [1.54, 1.807) is 0 Å². The van der Waals surface area contributed by atoms with E-state index < -0.39 is 0 Å². The Kier molecular flexibility index (Phi) is 2.91. The van der Waals surface area contributed by atoms with Crippen LogP contribution in [0.15, 0.2) is 41.4 Å². The van der Waals surface area contributed by atoms with E-state index in [9.17, 15) is 0 Å². The van der Waals surface area contributed by atoms with Crippen molar-refractivity contribution in [2.75, 3.05) is 5.73 Å². The van der Waals surface area contributed by atoms with Gasteiger partial charge in [0.1, 0.15) is 0 Å². The first-order valence-electron chi connectivity index (χ1n) is 4.84. The monoisotopic (exact) mass is 231 g/mol. The van der Waals surface area contributed by atoms with E-state index in [4.69, 9.17) is 22.9 Å². The highest BCUT2D eigenvalue weighted by Gasteiger charge is 2.21. The second kappa shape index (κ2) is 4.35. The lowest BCUT2D eigenvalue weighted by molar-refractivity contribution is -0.00454. The fourth-order valence-corrected chi connectivity index (χ4v) is 1.79. The normalized spacial score (nSPS) is 15.2. The molecule has 0 radical (unpaired) electrons. The molecule has 0 unspecified atom stereocenters. The van der Waals surface area contributed by atoms with Crippen LogP contribution in [0.2, 0.25) is 0 Å². The SMILES string of the molecule is [N-]=[N+]=C1CC(Cl)=CC=C1c1ccc(N)cc1. The molecule has 80 valence electrons. The lowest BCUT2D eigenvalue weighted by atomic mass is 9.95. The minimum Gasteiger partial charge on any atom is -0.399 e. The van der Waals surface area contributed by atoms with E-state index in [2.05, 4.69) is 4.79 Å². The van der Waals surface area contributed by atoms with Gasteiger partial charge in [-0.1, -0.05) is 23.7 Å². The van der Waals surface area contributed by atoms with Crippen molar-refractivity contribution in [3.05, 3.63) is 52.5 Å². The van der Waals surface area contributed by atoms with Crippen molar-refractivity contribution in [3.63, 3.8) is 0 Å². The maximum absolute atomic E-state index is 8.93. The number of nitrogens with zero attached hydrogens (tertiary/aromatic N) is 2. The molecule has 1 aromatic rings. The maximum atomic E-state index is 8.93. The van der Waals surface area contributed by atoms with Gasteiger partial charge in [-0.05, 0) is 29.8 Å². The van der Waals surface area contributed by atoms with Crippen LogP contribution in [0.3, 0.4) is 0 Å². The molecule has 1 aliphatic carbocycles. The third-order valence-electron chi connectivity index (χ3n) is 2.42. The molecule has 0 amide bonds. The maximum Gasteiger partial charge on any atom is 0.305 e. The Balaban J connectivity index is 2.47. The summed E-state index contributed by atoms with van der Waals surface area (Å²) < 4.78 is 0. The van der Waals surface area contributed by atoms with Crippen LogP contribution in [0, 0.1) is 0 Å². The molecule has 0 saturated carbocycles. The van der Waals surface area contributed by atoms with Crippen LogP contribution in [0.25, 0.3) is 11.1 Å². The third-order valence-corrected chi connectivity index (χ3v) is 2.68. The summed E-state index contributed by atoms with van der Waals surface area (Å²) in [5.41, 5.74) is 17.6. The lowest BCUT2D eigenvalue weighted by Gasteiger charge is -2.07. The van der Waals surface area contributed by atoms with Gasteiger partial charge in [0.25, 0.3) is 0 Å². The molecule has 0 atom stereocenters. The van der Waals surface area contributed by atoms with Gasteiger partial charge >= 0.3 is 5.71 Å². The second-order valence-electron chi connectivity index (χ2n) is 3.54. The Labute approximate surface area is 98.5 Å². The van der Waals surface area contributed by atoms with Crippen LogP contribution in [-0.4, -0.2) is 10.5 Å². The van der Waals surface area contributed by atoms with E-state index in [0.717, 1.165) is 11.1 Å². The lowest BCUT2D eigenvalue weighted by Crippen LogP contribution is -2.07. The summed E-state index contributed by atoms with van der Waals surface area (Å²) in [6.07, 6.45) is 4.10. The summed E-state index contributed by atoms with van der Waals surface area (Å²) in [4.78, 5) is 3.27. The number of anilines is 1. The molecule has 4 heteroatoms. The highest BCUT2D eigenvalue weighted by molar-refractivity contribution is 6.35. The highest BCUT2D eigenvalue weighted by Crippen LogP contribution is 2.25. The van der Waals surface area contributed by atoms with Gasteiger partial charge < -0.3 is 11.3 Å². The molecule has 0 aromatic heterocycles. The van der Waals surface area contributed by atoms with Gasteiger partial charge in [-0.15, -0.1) is 0 Å². The molecule has 0 spiro atoms. The number of hydrogen-bond acceptors (Lipinski definition) is 1. The quantitative estimate of drug-likeness (QED) is 0.451. The minimum absolute atomic E-state index is 0.453. The van der Waals surface area contributed by atoms with Crippen molar-refractivity contribution < 1.29 is 4.79 Å². The fraction of sp³-hybridized carbons (Fsp3) is 0.0833. The van der Waals surface area contributed by atoms with E-state index >= 15 is 0 Å². The number of nitrogen functional groups attached to an aromatic ring is 1. The van der Waals surface area contributed by atoms with Crippen LogP contribution in [0.5, 0.6) is 0 Å². The Hall–Kier alpha value is -1.83. The Morgan fingerprint density at radius 3 is 2.50 bits per heavy atom. The summed E-state index contributed by atoms with van der Waals surface area (Å²) in [7, 11) is 0. The molecule has 0 fully saturated rings. The molecule has 2 rings (SSSR count). The Morgan fingerprint density at radius 2 is 1.88 bits per heavy atom. The fourth-order valence-electron chi connectivity index (χ4n) is 1.60. The van der Waals surface area contributed by atoms with Crippen LogP contribution in [0.4, 0.5) is 5.69 Å². The second-order valence-corrected chi connectivity index (χ2v) is 4.02. The van der Waals surface area contributed by atoms with E-state index in [0.29, 0.717) is 22.9 Å². The van der Waals surface area contributed by atoms with Gasteiger partial charge in [-0.25, -0.2) is 0 Å². The smallest absolute Gasteiger partial charge is 0.305 e. The van der Waals surface area contributed by atoms with Gasteiger partial charge in [-0.2, -0.15) is 4.79 Å². The zero-order valence-corrected chi connectivity index (χ0v) is 9.28. The third kappa shape index (κ3) is 2.06. The molecule has 2 N–H and O–H groups in total. The van der Waals surface area contributed by atoms with Crippen molar-refractivity contribution in [2.45, 2.75) is 6.42 Å². The molecular formula is C12H10ClN3. The largest absolute Gasteiger partial charge is 0.399 e.